The number of aliphatic hydroxyl groups excluding tert-OH is 1. The first-order valence-corrected chi connectivity index (χ1v) is 23.4. The number of unbranched alkanes of at least 4 members (excludes halogenated alkanes) is 31. The van der Waals surface area contributed by atoms with Gasteiger partial charge in [0.25, 0.3) is 0 Å². The molecule has 0 radical (unpaired) electrons. The maximum atomic E-state index is 12.2. The summed E-state index contributed by atoms with van der Waals surface area (Å²) < 4.78 is 10.7. The van der Waals surface area contributed by atoms with Crippen LogP contribution in [0, 0.1) is 0 Å². The summed E-state index contributed by atoms with van der Waals surface area (Å²) in [5.41, 5.74) is 0. The molecule has 312 valence electrons. The minimum atomic E-state index is -0.768. The number of esters is 2. The van der Waals surface area contributed by atoms with Crippen LogP contribution in [0.5, 0.6) is 0 Å². The Balaban J connectivity index is 3.48. The molecule has 0 amide bonds. The van der Waals surface area contributed by atoms with Gasteiger partial charge in [-0.25, -0.2) is 0 Å². The second-order valence-corrected chi connectivity index (χ2v) is 15.8. The van der Waals surface area contributed by atoms with E-state index in [9.17, 15) is 14.7 Å². The molecule has 0 saturated carbocycles. The number of aliphatic hydroxyl groups is 1. The van der Waals surface area contributed by atoms with E-state index in [2.05, 4.69) is 38.2 Å². The Morgan fingerprint density at radius 3 is 1.11 bits per heavy atom. The fourth-order valence-electron chi connectivity index (χ4n) is 6.94. The zero-order valence-electron chi connectivity index (χ0n) is 35.5. The summed E-state index contributed by atoms with van der Waals surface area (Å²) in [4.78, 5) is 24.4. The van der Waals surface area contributed by atoms with Crippen molar-refractivity contribution in [2.45, 2.75) is 258 Å². The van der Waals surface area contributed by atoms with Crippen molar-refractivity contribution in [1.82, 2.24) is 0 Å². The molecule has 0 aliphatic carbocycles. The van der Waals surface area contributed by atoms with Crippen molar-refractivity contribution in [1.29, 1.82) is 0 Å². The van der Waals surface area contributed by atoms with Gasteiger partial charge in [-0.2, -0.15) is 0 Å². The predicted octanol–water partition coefficient (Wildman–Crippen LogP) is 15.0. The fraction of sp³-hybridized carbons (Fsp3) is 0.875. The van der Waals surface area contributed by atoms with Crippen LogP contribution in [0.15, 0.2) is 24.3 Å². The van der Waals surface area contributed by atoms with E-state index < -0.39 is 6.10 Å². The highest BCUT2D eigenvalue weighted by Crippen LogP contribution is 2.16. The second-order valence-electron chi connectivity index (χ2n) is 15.8. The van der Waals surface area contributed by atoms with Gasteiger partial charge in [-0.05, 0) is 44.9 Å². The van der Waals surface area contributed by atoms with Crippen molar-refractivity contribution in [3.63, 3.8) is 0 Å². The summed E-state index contributed by atoms with van der Waals surface area (Å²) in [6.07, 6.45) is 54.0. The first-order chi connectivity index (χ1) is 26.1. The molecule has 5 nitrogen and oxygen atoms in total. The Kier molecular flexibility index (Phi) is 43.4. The summed E-state index contributed by atoms with van der Waals surface area (Å²) in [5, 5.41) is 9.60. The lowest BCUT2D eigenvalue weighted by atomic mass is 10.0. The number of ether oxygens (including phenoxy) is 2. The van der Waals surface area contributed by atoms with Gasteiger partial charge in [0.05, 0.1) is 6.61 Å². The molecular formula is C48H90O5. The van der Waals surface area contributed by atoms with E-state index in [4.69, 9.17) is 9.47 Å². The lowest BCUT2D eigenvalue weighted by Crippen LogP contribution is -2.28. The quantitative estimate of drug-likeness (QED) is 0.0382. The van der Waals surface area contributed by atoms with E-state index in [0.717, 1.165) is 38.5 Å². The third-order valence-electron chi connectivity index (χ3n) is 10.5. The summed E-state index contributed by atoms with van der Waals surface area (Å²) in [6, 6.07) is 0. The van der Waals surface area contributed by atoms with Gasteiger partial charge < -0.3 is 14.6 Å². The van der Waals surface area contributed by atoms with E-state index in [1.165, 1.54) is 186 Å². The smallest absolute Gasteiger partial charge is 0.306 e. The first-order valence-electron chi connectivity index (χ1n) is 23.4. The molecule has 0 aliphatic rings. The summed E-state index contributed by atoms with van der Waals surface area (Å²) in [6.45, 7) is 4.16. The van der Waals surface area contributed by atoms with E-state index in [1.54, 1.807) is 0 Å². The molecule has 0 heterocycles. The standard InChI is InChI=1S/C48H90O5/c1-3-5-7-9-11-13-15-17-19-21-22-23-24-25-26-27-29-31-33-35-37-39-41-43-48(51)53-46(44-49)45-52-47(50)42-40-38-36-34-32-30-28-20-18-16-14-12-10-8-6-4-2/h15,17,21-22,46,49H,3-14,16,18-20,23-45H2,1-2H3/b17-15-,22-21-. The highest BCUT2D eigenvalue weighted by Gasteiger charge is 2.16. The molecule has 0 fully saturated rings. The Hall–Kier alpha value is -1.62. The van der Waals surface area contributed by atoms with Crippen LogP contribution >= 0.6 is 0 Å². The number of carbonyl (C=O) groups is 2. The highest BCUT2D eigenvalue weighted by molar-refractivity contribution is 5.70. The van der Waals surface area contributed by atoms with Crippen LogP contribution < -0.4 is 0 Å². The van der Waals surface area contributed by atoms with Crippen molar-refractivity contribution in [2.24, 2.45) is 0 Å². The Morgan fingerprint density at radius 1 is 0.434 bits per heavy atom. The van der Waals surface area contributed by atoms with Crippen LogP contribution in [0.1, 0.15) is 251 Å². The highest BCUT2D eigenvalue weighted by atomic mass is 16.6. The molecule has 0 saturated heterocycles. The molecule has 1 unspecified atom stereocenters. The number of carbonyl (C=O) groups excluding carboxylic acids is 2. The SMILES string of the molecule is CCCCCCC/C=C\C/C=C\CCCCCCCCCCCCCC(=O)OC(CO)COC(=O)CCCCCCCCCCCCCCCCCC. The van der Waals surface area contributed by atoms with Gasteiger partial charge in [0.2, 0.25) is 0 Å². The Labute approximate surface area is 330 Å². The number of hydrogen-bond donors (Lipinski definition) is 1. The molecule has 5 heteroatoms. The molecule has 0 aromatic rings. The lowest BCUT2D eigenvalue weighted by molar-refractivity contribution is -0.161. The molecule has 1 N–H and O–H groups in total. The second kappa shape index (κ2) is 44.8. The minimum absolute atomic E-state index is 0.0613. The van der Waals surface area contributed by atoms with Crippen LogP contribution in [-0.2, 0) is 19.1 Å². The first kappa shape index (κ1) is 51.4. The van der Waals surface area contributed by atoms with Gasteiger partial charge in [0, 0.05) is 12.8 Å². The number of rotatable bonds is 43. The average molecular weight is 747 g/mol. The maximum absolute atomic E-state index is 12.2. The van der Waals surface area contributed by atoms with E-state index in [0.29, 0.717) is 12.8 Å². The van der Waals surface area contributed by atoms with Gasteiger partial charge in [0.15, 0.2) is 6.10 Å². The van der Waals surface area contributed by atoms with Crippen LogP contribution in [-0.4, -0.2) is 36.4 Å². The topological polar surface area (TPSA) is 72.8 Å². The summed E-state index contributed by atoms with van der Waals surface area (Å²) >= 11 is 0. The van der Waals surface area contributed by atoms with Crippen LogP contribution in [0.4, 0.5) is 0 Å². The van der Waals surface area contributed by atoms with Gasteiger partial charge in [-0.15, -0.1) is 0 Å². The predicted molar refractivity (Wildman–Crippen MR) is 228 cm³/mol. The molecular weight excluding hydrogens is 657 g/mol. The van der Waals surface area contributed by atoms with E-state index >= 15 is 0 Å². The maximum Gasteiger partial charge on any atom is 0.306 e. The molecule has 1 atom stereocenters. The third-order valence-corrected chi connectivity index (χ3v) is 10.5. The third kappa shape index (κ3) is 43.0. The van der Waals surface area contributed by atoms with Gasteiger partial charge in [0.1, 0.15) is 6.61 Å². The molecule has 0 aromatic carbocycles. The van der Waals surface area contributed by atoms with Gasteiger partial charge in [-0.3, -0.25) is 9.59 Å². The molecule has 0 bridgehead atoms. The molecule has 53 heavy (non-hydrogen) atoms. The zero-order chi connectivity index (χ0) is 38.6. The largest absolute Gasteiger partial charge is 0.462 e. The van der Waals surface area contributed by atoms with Crippen LogP contribution in [0.3, 0.4) is 0 Å². The molecule has 0 rings (SSSR count). The van der Waals surface area contributed by atoms with Crippen molar-refractivity contribution in [2.75, 3.05) is 13.2 Å². The van der Waals surface area contributed by atoms with Crippen LogP contribution in [0.2, 0.25) is 0 Å². The van der Waals surface area contributed by atoms with Crippen molar-refractivity contribution >= 4 is 11.9 Å². The monoisotopic (exact) mass is 747 g/mol. The zero-order valence-corrected chi connectivity index (χ0v) is 35.5. The van der Waals surface area contributed by atoms with Crippen molar-refractivity contribution in [3.05, 3.63) is 24.3 Å². The molecule has 0 aliphatic heterocycles. The average Bonchev–Trinajstić information content (AvgIpc) is 3.16. The number of allylic oxidation sites excluding steroid dienone is 4. The minimum Gasteiger partial charge on any atom is -0.462 e. The van der Waals surface area contributed by atoms with Crippen LogP contribution in [0.25, 0.3) is 0 Å². The van der Waals surface area contributed by atoms with Crippen molar-refractivity contribution in [3.8, 4) is 0 Å². The number of hydrogen-bond acceptors (Lipinski definition) is 5. The summed E-state index contributed by atoms with van der Waals surface area (Å²) in [7, 11) is 0. The van der Waals surface area contributed by atoms with E-state index in [1.807, 2.05) is 0 Å². The molecule has 0 spiro atoms. The molecule has 0 aromatic heterocycles. The normalized spacial score (nSPS) is 12.3. The van der Waals surface area contributed by atoms with E-state index in [-0.39, 0.29) is 25.2 Å². The fourth-order valence-corrected chi connectivity index (χ4v) is 6.94. The Bertz CT molecular complexity index is 806. The van der Waals surface area contributed by atoms with Gasteiger partial charge >= 0.3 is 11.9 Å². The Morgan fingerprint density at radius 2 is 0.755 bits per heavy atom. The van der Waals surface area contributed by atoms with Crippen molar-refractivity contribution < 1.29 is 24.2 Å². The summed E-state index contributed by atoms with van der Waals surface area (Å²) in [5.74, 6) is -0.580. The van der Waals surface area contributed by atoms with Gasteiger partial charge in [-0.1, -0.05) is 218 Å². The lowest BCUT2D eigenvalue weighted by Gasteiger charge is -2.15.